The SMILES string of the molecule is COCCNC(=O)c1cccc(NCC(O)CCl)c1C. The van der Waals surface area contributed by atoms with E-state index >= 15 is 0 Å². The first kappa shape index (κ1) is 16.8. The predicted octanol–water partition coefficient (Wildman–Crippen LogP) is 1.38. The number of rotatable bonds is 8. The lowest BCUT2D eigenvalue weighted by molar-refractivity contribution is 0.0936. The molecule has 0 heterocycles. The van der Waals surface area contributed by atoms with Crippen LogP contribution < -0.4 is 10.6 Å². The van der Waals surface area contributed by atoms with Crippen LogP contribution in [-0.2, 0) is 4.74 Å². The summed E-state index contributed by atoms with van der Waals surface area (Å²) < 4.78 is 4.89. The Bertz CT molecular complexity index is 440. The fraction of sp³-hybridized carbons (Fsp3) is 0.500. The summed E-state index contributed by atoms with van der Waals surface area (Å²) in [6.45, 7) is 3.15. The molecule has 0 saturated heterocycles. The fourth-order valence-electron chi connectivity index (χ4n) is 1.72. The minimum Gasteiger partial charge on any atom is -0.390 e. The van der Waals surface area contributed by atoms with Gasteiger partial charge in [-0.25, -0.2) is 0 Å². The Kier molecular flexibility index (Phi) is 7.36. The molecule has 1 aromatic carbocycles. The molecule has 3 N–H and O–H groups in total. The van der Waals surface area contributed by atoms with Gasteiger partial charge in [-0.2, -0.15) is 0 Å². The maximum Gasteiger partial charge on any atom is 0.251 e. The maximum absolute atomic E-state index is 12.0. The van der Waals surface area contributed by atoms with Gasteiger partial charge in [0.2, 0.25) is 0 Å². The van der Waals surface area contributed by atoms with E-state index in [0.29, 0.717) is 25.3 Å². The van der Waals surface area contributed by atoms with Gasteiger partial charge in [-0.05, 0) is 24.6 Å². The van der Waals surface area contributed by atoms with E-state index in [1.165, 1.54) is 0 Å². The van der Waals surface area contributed by atoms with Crippen molar-refractivity contribution in [2.24, 2.45) is 0 Å². The molecule has 1 rings (SSSR count). The van der Waals surface area contributed by atoms with Gasteiger partial charge in [0.1, 0.15) is 0 Å². The van der Waals surface area contributed by atoms with E-state index in [9.17, 15) is 9.90 Å². The van der Waals surface area contributed by atoms with Gasteiger partial charge in [-0.3, -0.25) is 4.79 Å². The Balaban J connectivity index is 2.71. The molecule has 1 aromatic rings. The van der Waals surface area contributed by atoms with Gasteiger partial charge in [0.25, 0.3) is 5.91 Å². The zero-order chi connectivity index (χ0) is 15.0. The number of anilines is 1. The average molecular weight is 301 g/mol. The molecule has 0 spiro atoms. The number of hydrogen-bond acceptors (Lipinski definition) is 4. The number of nitrogens with one attached hydrogen (secondary N) is 2. The van der Waals surface area contributed by atoms with Crippen LogP contribution in [-0.4, -0.2) is 49.8 Å². The van der Waals surface area contributed by atoms with Gasteiger partial charge in [0, 0.05) is 31.5 Å². The van der Waals surface area contributed by atoms with E-state index in [1.807, 2.05) is 13.0 Å². The summed E-state index contributed by atoms with van der Waals surface area (Å²) in [5.41, 5.74) is 2.25. The molecule has 0 aromatic heterocycles. The van der Waals surface area contributed by atoms with Crippen molar-refractivity contribution >= 4 is 23.2 Å². The number of benzene rings is 1. The van der Waals surface area contributed by atoms with Crippen LogP contribution in [0.3, 0.4) is 0 Å². The topological polar surface area (TPSA) is 70.6 Å². The molecular formula is C14H21ClN2O3. The summed E-state index contributed by atoms with van der Waals surface area (Å²) >= 11 is 5.54. The average Bonchev–Trinajstić information content (AvgIpc) is 2.45. The highest BCUT2D eigenvalue weighted by molar-refractivity contribution is 6.18. The normalized spacial score (nSPS) is 12.0. The highest BCUT2D eigenvalue weighted by atomic mass is 35.5. The molecule has 0 fully saturated rings. The lowest BCUT2D eigenvalue weighted by Crippen LogP contribution is -2.28. The van der Waals surface area contributed by atoms with Crippen molar-refractivity contribution in [3.8, 4) is 0 Å². The Morgan fingerprint density at radius 2 is 2.25 bits per heavy atom. The van der Waals surface area contributed by atoms with Gasteiger partial charge in [0.15, 0.2) is 0 Å². The Morgan fingerprint density at radius 3 is 2.90 bits per heavy atom. The molecular weight excluding hydrogens is 280 g/mol. The van der Waals surface area contributed by atoms with Crippen molar-refractivity contribution in [1.29, 1.82) is 0 Å². The first-order valence-electron chi connectivity index (χ1n) is 6.44. The highest BCUT2D eigenvalue weighted by Gasteiger charge is 2.11. The molecule has 1 atom stereocenters. The Hall–Kier alpha value is -1.30. The first-order chi connectivity index (χ1) is 9.60. The summed E-state index contributed by atoms with van der Waals surface area (Å²) in [5, 5.41) is 15.3. The number of alkyl halides is 1. The van der Waals surface area contributed by atoms with Gasteiger partial charge in [-0.1, -0.05) is 6.07 Å². The molecule has 0 bridgehead atoms. The van der Waals surface area contributed by atoms with E-state index in [-0.39, 0.29) is 11.8 Å². The van der Waals surface area contributed by atoms with Crippen LogP contribution in [0.2, 0.25) is 0 Å². The van der Waals surface area contributed by atoms with Gasteiger partial charge in [-0.15, -0.1) is 11.6 Å². The number of carbonyl (C=O) groups excluding carboxylic acids is 1. The minimum atomic E-state index is -0.616. The molecule has 112 valence electrons. The van der Waals surface area contributed by atoms with Crippen LogP contribution in [0.25, 0.3) is 0 Å². The molecule has 1 unspecified atom stereocenters. The van der Waals surface area contributed by atoms with Gasteiger partial charge >= 0.3 is 0 Å². The van der Waals surface area contributed by atoms with Crippen LogP contribution in [0.1, 0.15) is 15.9 Å². The molecule has 5 nitrogen and oxygen atoms in total. The number of halogens is 1. The molecule has 0 aliphatic heterocycles. The molecule has 0 saturated carbocycles. The zero-order valence-corrected chi connectivity index (χ0v) is 12.5. The summed E-state index contributed by atoms with van der Waals surface area (Å²) in [5.74, 6) is 0.0320. The van der Waals surface area contributed by atoms with Crippen molar-refractivity contribution < 1.29 is 14.6 Å². The van der Waals surface area contributed by atoms with Crippen LogP contribution in [0.5, 0.6) is 0 Å². The van der Waals surface area contributed by atoms with Crippen LogP contribution >= 0.6 is 11.6 Å². The van der Waals surface area contributed by atoms with Crippen molar-refractivity contribution in [2.75, 3.05) is 38.0 Å². The number of carbonyl (C=O) groups is 1. The molecule has 0 radical (unpaired) electrons. The number of ether oxygens (including phenoxy) is 1. The van der Waals surface area contributed by atoms with E-state index in [0.717, 1.165) is 11.3 Å². The van der Waals surface area contributed by atoms with Gasteiger partial charge in [0.05, 0.1) is 18.6 Å². The van der Waals surface area contributed by atoms with E-state index in [4.69, 9.17) is 16.3 Å². The van der Waals surface area contributed by atoms with E-state index in [1.54, 1.807) is 19.2 Å². The second-order valence-corrected chi connectivity index (χ2v) is 4.72. The standard InChI is InChI=1S/C14H21ClN2O3/c1-10-12(14(19)16-6-7-20-2)4-3-5-13(10)17-9-11(18)8-15/h3-5,11,17-18H,6-9H2,1-2H3,(H,16,19). The number of aliphatic hydroxyl groups is 1. The van der Waals surface area contributed by atoms with Crippen molar-refractivity contribution in [1.82, 2.24) is 5.32 Å². The highest BCUT2D eigenvalue weighted by Crippen LogP contribution is 2.19. The number of hydrogen-bond donors (Lipinski definition) is 3. The third-order valence-electron chi connectivity index (χ3n) is 2.88. The third-order valence-corrected chi connectivity index (χ3v) is 3.23. The molecule has 20 heavy (non-hydrogen) atoms. The Labute approximate surface area is 124 Å². The maximum atomic E-state index is 12.0. The summed E-state index contributed by atoms with van der Waals surface area (Å²) in [4.78, 5) is 12.0. The van der Waals surface area contributed by atoms with Crippen LogP contribution in [0, 0.1) is 6.92 Å². The summed E-state index contributed by atoms with van der Waals surface area (Å²) in [6, 6.07) is 5.43. The van der Waals surface area contributed by atoms with E-state index < -0.39 is 6.10 Å². The monoisotopic (exact) mass is 300 g/mol. The quantitative estimate of drug-likeness (QED) is 0.501. The molecule has 1 amide bonds. The van der Waals surface area contributed by atoms with Crippen molar-refractivity contribution in [2.45, 2.75) is 13.0 Å². The second-order valence-electron chi connectivity index (χ2n) is 4.42. The molecule has 0 aliphatic carbocycles. The predicted molar refractivity (Wildman–Crippen MR) is 80.6 cm³/mol. The molecule has 6 heteroatoms. The number of aliphatic hydroxyl groups excluding tert-OH is 1. The fourth-order valence-corrected chi connectivity index (χ4v) is 1.83. The Morgan fingerprint density at radius 1 is 1.50 bits per heavy atom. The lowest BCUT2D eigenvalue weighted by Gasteiger charge is -2.15. The van der Waals surface area contributed by atoms with E-state index in [2.05, 4.69) is 10.6 Å². The zero-order valence-electron chi connectivity index (χ0n) is 11.8. The molecule has 0 aliphatic rings. The van der Waals surface area contributed by atoms with Crippen molar-refractivity contribution in [3.63, 3.8) is 0 Å². The lowest BCUT2D eigenvalue weighted by atomic mass is 10.1. The smallest absolute Gasteiger partial charge is 0.251 e. The second kappa shape index (κ2) is 8.79. The largest absolute Gasteiger partial charge is 0.390 e. The summed E-state index contributed by atoms with van der Waals surface area (Å²) in [7, 11) is 1.59. The third kappa shape index (κ3) is 5.00. The van der Waals surface area contributed by atoms with Crippen LogP contribution in [0.4, 0.5) is 5.69 Å². The van der Waals surface area contributed by atoms with Gasteiger partial charge < -0.3 is 20.5 Å². The number of methoxy groups -OCH3 is 1. The van der Waals surface area contributed by atoms with Crippen LogP contribution in [0.15, 0.2) is 18.2 Å². The number of amides is 1. The summed E-state index contributed by atoms with van der Waals surface area (Å²) in [6.07, 6.45) is -0.616. The first-order valence-corrected chi connectivity index (χ1v) is 6.98. The minimum absolute atomic E-state index is 0.138. The van der Waals surface area contributed by atoms with Crippen molar-refractivity contribution in [3.05, 3.63) is 29.3 Å².